The van der Waals surface area contributed by atoms with Gasteiger partial charge < -0.3 is 16.0 Å². The van der Waals surface area contributed by atoms with Crippen LogP contribution in [0.4, 0.5) is 10.8 Å². The van der Waals surface area contributed by atoms with E-state index >= 15 is 0 Å². The molecule has 3 rings (SSSR count). The second-order valence-electron chi connectivity index (χ2n) is 6.75. The topological polar surface area (TPSA) is 91.6 Å². The zero-order chi connectivity index (χ0) is 19.4. The molecule has 27 heavy (non-hydrogen) atoms. The van der Waals surface area contributed by atoms with Crippen LogP contribution in [0.3, 0.4) is 0 Å². The van der Waals surface area contributed by atoms with Gasteiger partial charge >= 0.3 is 0 Å². The van der Waals surface area contributed by atoms with Crippen molar-refractivity contribution in [1.29, 1.82) is 0 Å². The van der Waals surface area contributed by atoms with E-state index in [4.69, 9.17) is 5.73 Å². The normalized spacial score (nSPS) is 16.6. The lowest BCUT2D eigenvalue weighted by Crippen LogP contribution is -2.43. The Labute approximate surface area is 163 Å². The molecule has 2 amide bonds. The fourth-order valence-electron chi connectivity index (χ4n) is 3.13. The van der Waals surface area contributed by atoms with E-state index in [1.54, 1.807) is 35.6 Å². The first-order valence-corrected chi connectivity index (χ1v) is 9.94. The Morgan fingerprint density at radius 1 is 1.19 bits per heavy atom. The van der Waals surface area contributed by atoms with Crippen LogP contribution >= 0.6 is 11.3 Å². The van der Waals surface area contributed by atoms with Gasteiger partial charge in [-0.15, -0.1) is 11.3 Å². The average Bonchev–Trinajstić information content (AvgIpc) is 2.93. The van der Waals surface area contributed by atoms with Gasteiger partial charge in [-0.1, -0.05) is 0 Å². The number of hydrogen-bond acceptors (Lipinski definition) is 6. The molecule has 2 aromatic rings. The monoisotopic (exact) mass is 387 g/mol. The van der Waals surface area contributed by atoms with Crippen LogP contribution in [-0.2, 0) is 4.79 Å². The number of aromatic nitrogens is 1. The minimum atomic E-state index is -0.481. The molecule has 1 atom stereocenters. The Morgan fingerprint density at radius 3 is 2.56 bits per heavy atom. The average molecular weight is 388 g/mol. The van der Waals surface area contributed by atoms with Gasteiger partial charge in [-0.3, -0.25) is 14.5 Å². The smallest absolute Gasteiger partial charge is 0.248 e. The second-order valence-corrected chi connectivity index (χ2v) is 7.59. The molecule has 144 valence electrons. The number of carbonyl (C=O) groups is 2. The SMILES string of the molecule is Cc1csc(N2CCCN(C(C)C(=O)Nc3ccc(C(N)=O)cc3)CC2)n1. The Balaban J connectivity index is 1.57. The third-order valence-electron chi connectivity index (χ3n) is 4.77. The van der Waals surface area contributed by atoms with Gasteiger partial charge in [0, 0.05) is 42.8 Å². The summed E-state index contributed by atoms with van der Waals surface area (Å²) in [6.45, 7) is 7.43. The number of anilines is 2. The molecule has 0 aliphatic carbocycles. The van der Waals surface area contributed by atoms with Crippen LogP contribution in [0.1, 0.15) is 29.4 Å². The summed E-state index contributed by atoms with van der Waals surface area (Å²) in [5.41, 5.74) is 7.37. The summed E-state index contributed by atoms with van der Waals surface area (Å²) >= 11 is 1.67. The molecule has 1 aromatic heterocycles. The predicted octanol–water partition coefficient (Wildman–Crippen LogP) is 2.09. The summed E-state index contributed by atoms with van der Waals surface area (Å²) in [5, 5.41) is 6.04. The summed E-state index contributed by atoms with van der Waals surface area (Å²) in [6.07, 6.45) is 0.990. The van der Waals surface area contributed by atoms with Crippen LogP contribution in [0.25, 0.3) is 0 Å². The van der Waals surface area contributed by atoms with Crippen LogP contribution < -0.4 is 16.0 Å². The number of hydrogen-bond donors (Lipinski definition) is 2. The number of carbonyl (C=O) groups excluding carboxylic acids is 2. The van der Waals surface area contributed by atoms with Gasteiger partial charge in [-0.2, -0.15) is 0 Å². The Bertz CT molecular complexity index is 805. The number of aryl methyl sites for hydroxylation is 1. The molecule has 0 bridgehead atoms. The molecule has 1 aliphatic rings. The van der Waals surface area contributed by atoms with E-state index in [2.05, 4.69) is 25.5 Å². The summed E-state index contributed by atoms with van der Waals surface area (Å²) in [5.74, 6) is -0.536. The maximum Gasteiger partial charge on any atom is 0.248 e. The Morgan fingerprint density at radius 2 is 1.93 bits per heavy atom. The van der Waals surface area contributed by atoms with Crippen molar-refractivity contribution in [3.63, 3.8) is 0 Å². The molecule has 1 aliphatic heterocycles. The van der Waals surface area contributed by atoms with Gasteiger partial charge in [0.2, 0.25) is 11.8 Å². The number of nitrogens with zero attached hydrogens (tertiary/aromatic N) is 3. The molecule has 0 radical (unpaired) electrons. The third kappa shape index (κ3) is 4.84. The third-order valence-corrected chi connectivity index (χ3v) is 5.79. The van der Waals surface area contributed by atoms with Gasteiger partial charge in [0.05, 0.1) is 11.7 Å². The molecule has 3 N–H and O–H groups in total. The van der Waals surface area contributed by atoms with Gasteiger partial charge in [0.1, 0.15) is 0 Å². The van der Waals surface area contributed by atoms with Gasteiger partial charge in [0.15, 0.2) is 5.13 Å². The van der Waals surface area contributed by atoms with Crippen molar-refractivity contribution in [3.05, 3.63) is 40.9 Å². The van der Waals surface area contributed by atoms with Crippen molar-refractivity contribution in [2.24, 2.45) is 5.73 Å². The van der Waals surface area contributed by atoms with E-state index in [0.29, 0.717) is 11.3 Å². The number of nitrogens with one attached hydrogen (secondary N) is 1. The molecule has 1 unspecified atom stereocenters. The Hall–Kier alpha value is -2.45. The maximum atomic E-state index is 12.6. The zero-order valence-corrected chi connectivity index (χ0v) is 16.5. The minimum absolute atomic E-state index is 0.0552. The first kappa shape index (κ1) is 19.3. The van der Waals surface area contributed by atoms with Crippen LogP contribution in [0.5, 0.6) is 0 Å². The molecule has 1 fully saturated rings. The maximum absolute atomic E-state index is 12.6. The number of thiazole rings is 1. The van der Waals surface area contributed by atoms with E-state index in [-0.39, 0.29) is 11.9 Å². The van der Waals surface area contributed by atoms with Gasteiger partial charge in [-0.25, -0.2) is 4.98 Å². The van der Waals surface area contributed by atoms with Crippen molar-refractivity contribution >= 4 is 34.0 Å². The zero-order valence-electron chi connectivity index (χ0n) is 15.6. The lowest BCUT2D eigenvalue weighted by Gasteiger charge is -2.27. The second kappa shape index (κ2) is 8.49. The fraction of sp³-hybridized carbons (Fsp3) is 0.421. The van der Waals surface area contributed by atoms with Crippen molar-refractivity contribution in [2.75, 3.05) is 36.4 Å². The predicted molar refractivity (Wildman–Crippen MR) is 108 cm³/mol. The van der Waals surface area contributed by atoms with Crippen LogP contribution in [0.2, 0.25) is 0 Å². The standard InChI is InChI=1S/C19H25N5O2S/c1-13-12-27-19(21-13)24-9-3-8-23(10-11-24)14(2)18(26)22-16-6-4-15(5-7-16)17(20)25/h4-7,12,14H,3,8-11H2,1-2H3,(H2,20,25)(H,22,26). The van der Waals surface area contributed by atoms with Gasteiger partial charge in [-0.05, 0) is 44.5 Å². The van der Waals surface area contributed by atoms with Crippen LogP contribution in [0.15, 0.2) is 29.6 Å². The highest BCUT2D eigenvalue weighted by atomic mass is 32.1. The highest BCUT2D eigenvalue weighted by Crippen LogP contribution is 2.22. The lowest BCUT2D eigenvalue weighted by molar-refractivity contribution is -0.120. The first-order chi connectivity index (χ1) is 12.9. The lowest BCUT2D eigenvalue weighted by atomic mass is 10.2. The molecule has 0 spiro atoms. The largest absolute Gasteiger partial charge is 0.366 e. The van der Waals surface area contributed by atoms with E-state index in [1.165, 1.54) is 0 Å². The summed E-state index contributed by atoms with van der Waals surface area (Å²) in [7, 11) is 0. The highest BCUT2D eigenvalue weighted by molar-refractivity contribution is 7.13. The first-order valence-electron chi connectivity index (χ1n) is 9.06. The molecule has 1 aromatic carbocycles. The summed E-state index contributed by atoms with van der Waals surface area (Å²) < 4.78 is 0. The van der Waals surface area contributed by atoms with Crippen molar-refractivity contribution in [1.82, 2.24) is 9.88 Å². The van der Waals surface area contributed by atoms with Crippen molar-refractivity contribution < 1.29 is 9.59 Å². The molecular weight excluding hydrogens is 362 g/mol. The molecule has 8 heteroatoms. The summed E-state index contributed by atoms with van der Waals surface area (Å²) in [4.78, 5) is 32.8. The summed E-state index contributed by atoms with van der Waals surface area (Å²) in [6, 6.07) is 6.38. The van der Waals surface area contributed by atoms with Crippen molar-refractivity contribution in [2.45, 2.75) is 26.3 Å². The number of amides is 2. The van der Waals surface area contributed by atoms with Crippen LogP contribution in [0, 0.1) is 6.92 Å². The molecule has 7 nitrogen and oxygen atoms in total. The van der Waals surface area contributed by atoms with Crippen LogP contribution in [-0.4, -0.2) is 53.9 Å². The van der Waals surface area contributed by atoms with E-state index in [9.17, 15) is 9.59 Å². The van der Waals surface area contributed by atoms with E-state index < -0.39 is 5.91 Å². The highest BCUT2D eigenvalue weighted by Gasteiger charge is 2.25. The molecule has 0 saturated carbocycles. The van der Waals surface area contributed by atoms with E-state index in [0.717, 1.165) is 43.4 Å². The minimum Gasteiger partial charge on any atom is -0.366 e. The fourth-order valence-corrected chi connectivity index (χ4v) is 3.99. The van der Waals surface area contributed by atoms with Crippen molar-refractivity contribution in [3.8, 4) is 0 Å². The number of primary amides is 1. The number of rotatable bonds is 5. The molecule has 1 saturated heterocycles. The number of nitrogens with two attached hydrogens (primary N) is 1. The number of benzene rings is 1. The quantitative estimate of drug-likeness (QED) is 0.820. The molecule has 2 heterocycles. The Kier molecular flexibility index (Phi) is 6.08. The molecular formula is C19H25N5O2S. The van der Waals surface area contributed by atoms with E-state index in [1.807, 2.05) is 13.8 Å². The van der Waals surface area contributed by atoms with Gasteiger partial charge in [0.25, 0.3) is 0 Å².